The molecular weight excluding hydrogens is 134 g/mol. The number of hydrogen-bond donors (Lipinski definition) is 3. The third kappa shape index (κ3) is 2.80. The van der Waals surface area contributed by atoms with E-state index in [-0.39, 0.29) is 6.04 Å². The summed E-state index contributed by atoms with van der Waals surface area (Å²) < 4.78 is 0. The fraction of sp³-hybridized carbons (Fsp3) is 0.833. The van der Waals surface area contributed by atoms with Gasteiger partial charge in [-0.25, -0.2) is 4.79 Å². The summed E-state index contributed by atoms with van der Waals surface area (Å²) in [6.45, 7) is 4.14. The minimum Gasteiger partial charge on any atom is -0.479 e. The van der Waals surface area contributed by atoms with Gasteiger partial charge in [-0.2, -0.15) is 0 Å². The van der Waals surface area contributed by atoms with Crippen molar-refractivity contribution in [3.05, 3.63) is 0 Å². The van der Waals surface area contributed by atoms with Gasteiger partial charge in [-0.3, -0.25) is 0 Å². The molecule has 0 aliphatic rings. The van der Waals surface area contributed by atoms with E-state index in [2.05, 4.69) is 5.32 Å². The van der Waals surface area contributed by atoms with E-state index in [1.165, 1.54) is 0 Å². The maximum atomic E-state index is 10.1. The van der Waals surface area contributed by atoms with Crippen molar-refractivity contribution < 1.29 is 15.0 Å². The first-order valence-electron chi connectivity index (χ1n) is 3.23. The summed E-state index contributed by atoms with van der Waals surface area (Å²) in [5.41, 5.74) is 0. The second kappa shape index (κ2) is 4.24. The minimum atomic E-state index is -1.31. The van der Waals surface area contributed by atoms with Crippen LogP contribution in [0.2, 0.25) is 0 Å². The van der Waals surface area contributed by atoms with E-state index >= 15 is 0 Å². The van der Waals surface area contributed by atoms with Gasteiger partial charge in [0.2, 0.25) is 0 Å². The molecule has 2 unspecified atom stereocenters. The SMILES string of the molecule is CCNC(C)C(O)C(=O)O. The highest BCUT2D eigenvalue weighted by Crippen LogP contribution is 1.91. The highest BCUT2D eigenvalue weighted by molar-refractivity contribution is 5.72. The maximum absolute atomic E-state index is 10.1. The van der Waals surface area contributed by atoms with Gasteiger partial charge in [0.1, 0.15) is 0 Å². The summed E-state index contributed by atoms with van der Waals surface area (Å²) in [6, 6.07) is -0.387. The molecule has 0 aliphatic heterocycles. The second-order valence-corrected chi connectivity index (χ2v) is 2.13. The molecule has 0 bridgehead atoms. The zero-order valence-electron chi connectivity index (χ0n) is 6.16. The Morgan fingerprint density at radius 3 is 2.50 bits per heavy atom. The predicted octanol–water partition coefficient (Wildman–Crippen LogP) is -0.570. The molecule has 0 fully saturated rings. The van der Waals surface area contributed by atoms with Gasteiger partial charge in [0.25, 0.3) is 0 Å². The summed E-state index contributed by atoms with van der Waals surface area (Å²) in [5.74, 6) is -1.19. The molecule has 0 aliphatic carbocycles. The summed E-state index contributed by atoms with van der Waals surface area (Å²) in [6.07, 6.45) is -1.31. The molecule has 0 heterocycles. The van der Waals surface area contributed by atoms with Crippen LogP contribution in [0.15, 0.2) is 0 Å². The fourth-order valence-corrected chi connectivity index (χ4v) is 0.647. The van der Waals surface area contributed by atoms with Gasteiger partial charge in [-0.05, 0) is 13.5 Å². The quantitative estimate of drug-likeness (QED) is 0.498. The van der Waals surface area contributed by atoms with Crippen molar-refractivity contribution >= 4 is 5.97 Å². The van der Waals surface area contributed by atoms with Gasteiger partial charge >= 0.3 is 5.97 Å². The average molecular weight is 147 g/mol. The number of aliphatic hydroxyl groups excluding tert-OH is 1. The molecule has 10 heavy (non-hydrogen) atoms. The Bertz CT molecular complexity index is 116. The molecule has 60 valence electrons. The first kappa shape index (κ1) is 9.39. The lowest BCUT2D eigenvalue weighted by atomic mass is 10.2. The third-order valence-electron chi connectivity index (χ3n) is 1.25. The molecule has 4 heteroatoms. The van der Waals surface area contributed by atoms with Crippen LogP contribution in [0.4, 0.5) is 0 Å². The van der Waals surface area contributed by atoms with Crippen molar-refractivity contribution in [2.45, 2.75) is 26.0 Å². The van der Waals surface area contributed by atoms with Crippen LogP contribution in [0, 0.1) is 0 Å². The van der Waals surface area contributed by atoms with Crippen molar-refractivity contribution in [1.29, 1.82) is 0 Å². The summed E-state index contributed by atoms with van der Waals surface area (Å²) in [4.78, 5) is 10.1. The van der Waals surface area contributed by atoms with Crippen LogP contribution in [0.1, 0.15) is 13.8 Å². The van der Waals surface area contributed by atoms with Gasteiger partial charge in [0.05, 0.1) is 0 Å². The molecule has 0 aromatic heterocycles. The molecule has 0 radical (unpaired) electrons. The van der Waals surface area contributed by atoms with Crippen molar-refractivity contribution in [3.8, 4) is 0 Å². The Kier molecular flexibility index (Phi) is 3.99. The Morgan fingerprint density at radius 2 is 2.20 bits per heavy atom. The average Bonchev–Trinajstić information content (AvgIpc) is 1.87. The number of rotatable bonds is 4. The number of aliphatic hydroxyl groups is 1. The molecule has 0 saturated carbocycles. The van der Waals surface area contributed by atoms with E-state index in [9.17, 15) is 4.79 Å². The molecule has 0 saturated heterocycles. The third-order valence-corrected chi connectivity index (χ3v) is 1.25. The molecular formula is C6H13NO3. The Hall–Kier alpha value is -0.610. The predicted molar refractivity (Wildman–Crippen MR) is 36.8 cm³/mol. The van der Waals surface area contributed by atoms with Crippen LogP contribution in [0.3, 0.4) is 0 Å². The Labute approximate surface area is 59.9 Å². The van der Waals surface area contributed by atoms with Gasteiger partial charge < -0.3 is 15.5 Å². The first-order chi connectivity index (χ1) is 4.59. The lowest BCUT2D eigenvalue weighted by Gasteiger charge is -2.14. The Morgan fingerprint density at radius 1 is 1.70 bits per heavy atom. The fourth-order valence-electron chi connectivity index (χ4n) is 0.647. The minimum absolute atomic E-state index is 0.387. The van der Waals surface area contributed by atoms with E-state index in [0.717, 1.165) is 0 Å². The van der Waals surface area contributed by atoms with Gasteiger partial charge in [-0.1, -0.05) is 6.92 Å². The van der Waals surface area contributed by atoms with Crippen LogP contribution >= 0.6 is 0 Å². The van der Waals surface area contributed by atoms with Crippen LogP contribution < -0.4 is 5.32 Å². The lowest BCUT2D eigenvalue weighted by Crippen LogP contribution is -2.41. The van der Waals surface area contributed by atoms with Crippen molar-refractivity contribution in [2.24, 2.45) is 0 Å². The zero-order valence-corrected chi connectivity index (χ0v) is 6.16. The van der Waals surface area contributed by atoms with Crippen LogP contribution in [-0.2, 0) is 4.79 Å². The van der Waals surface area contributed by atoms with Gasteiger partial charge in [0, 0.05) is 6.04 Å². The van der Waals surface area contributed by atoms with E-state index in [4.69, 9.17) is 10.2 Å². The molecule has 0 spiro atoms. The van der Waals surface area contributed by atoms with E-state index in [1.54, 1.807) is 6.92 Å². The molecule has 4 nitrogen and oxygen atoms in total. The number of carboxylic acid groups (broad SMARTS) is 1. The van der Waals surface area contributed by atoms with Crippen molar-refractivity contribution in [3.63, 3.8) is 0 Å². The highest BCUT2D eigenvalue weighted by atomic mass is 16.4. The summed E-state index contributed by atoms with van der Waals surface area (Å²) >= 11 is 0. The molecule has 0 rings (SSSR count). The molecule has 2 atom stereocenters. The molecule has 0 aromatic carbocycles. The van der Waals surface area contributed by atoms with Crippen molar-refractivity contribution in [2.75, 3.05) is 6.54 Å². The standard InChI is InChI=1S/C6H13NO3/c1-3-7-4(2)5(8)6(9)10/h4-5,7-8H,3H2,1-2H3,(H,9,10). The smallest absolute Gasteiger partial charge is 0.334 e. The van der Waals surface area contributed by atoms with E-state index in [1.807, 2.05) is 6.92 Å². The van der Waals surface area contributed by atoms with Crippen molar-refractivity contribution in [1.82, 2.24) is 5.32 Å². The number of aliphatic carboxylic acids is 1. The number of likely N-dealkylation sites (N-methyl/N-ethyl adjacent to an activating group) is 1. The van der Waals surface area contributed by atoms with E-state index in [0.29, 0.717) is 6.54 Å². The van der Waals surface area contributed by atoms with Crippen LogP contribution in [-0.4, -0.2) is 34.9 Å². The molecule has 0 amide bonds. The van der Waals surface area contributed by atoms with Crippen LogP contribution in [0.5, 0.6) is 0 Å². The first-order valence-corrected chi connectivity index (χ1v) is 3.23. The number of hydrogen-bond acceptors (Lipinski definition) is 3. The topological polar surface area (TPSA) is 69.6 Å². The lowest BCUT2D eigenvalue weighted by molar-refractivity contribution is -0.147. The van der Waals surface area contributed by atoms with E-state index < -0.39 is 12.1 Å². The molecule has 0 aromatic rings. The number of nitrogens with one attached hydrogen (secondary N) is 1. The van der Waals surface area contributed by atoms with Gasteiger partial charge in [0.15, 0.2) is 6.10 Å². The van der Waals surface area contributed by atoms with Crippen LogP contribution in [0.25, 0.3) is 0 Å². The summed E-state index contributed by atoms with van der Waals surface area (Å²) in [5, 5.41) is 19.9. The maximum Gasteiger partial charge on any atom is 0.334 e. The second-order valence-electron chi connectivity index (χ2n) is 2.13. The van der Waals surface area contributed by atoms with Gasteiger partial charge in [-0.15, -0.1) is 0 Å². The zero-order chi connectivity index (χ0) is 8.15. The number of carboxylic acids is 1. The highest BCUT2D eigenvalue weighted by Gasteiger charge is 2.19. The largest absolute Gasteiger partial charge is 0.479 e. The summed E-state index contributed by atoms with van der Waals surface area (Å²) in [7, 11) is 0. The number of carbonyl (C=O) groups is 1. The Balaban J connectivity index is 3.69. The normalized spacial score (nSPS) is 16.3. The monoisotopic (exact) mass is 147 g/mol. The molecule has 3 N–H and O–H groups in total.